The Kier molecular flexibility index (Phi) is 4.47. The van der Waals surface area contributed by atoms with Gasteiger partial charge >= 0.3 is 0 Å². The first-order chi connectivity index (χ1) is 14.2. The van der Waals surface area contributed by atoms with Gasteiger partial charge in [-0.25, -0.2) is 0 Å². The molecule has 2 aromatic carbocycles. The number of pyridine rings is 1. The molecule has 2 heterocycles. The molecule has 1 aliphatic heterocycles. The van der Waals surface area contributed by atoms with Crippen molar-refractivity contribution in [1.82, 2.24) is 9.88 Å². The van der Waals surface area contributed by atoms with Gasteiger partial charge in [0.2, 0.25) is 0 Å². The lowest BCUT2D eigenvalue weighted by molar-refractivity contribution is 0.0681. The first-order valence-electron chi connectivity index (χ1n) is 10.2. The van der Waals surface area contributed by atoms with E-state index in [0.29, 0.717) is 11.1 Å². The summed E-state index contributed by atoms with van der Waals surface area (Å²) < 4.78 is 0. The smallest absolute Gasteiger partial charge is 0.254 e. The van der Waals surface area contributed by atoms with Crippen LogP contribution in [-0.2, 0) is 0 Å². The Morgan fingerprint density at radius 1 is 0.862 bits per heavy atom. The van der Waals surface area contributed by atoms with Crippen LogP contribution in [0.1, 0.15) is 63.6 Å². The van der Waals surface area contributed by atoms with Crippen LogP contribution in [0.3, 0.4) is 0 Å². The summed E-state index contributed by atoms with van der Waals surface area (Å²) in [4.78, 5) is 32.5. The molecule has 0 spiro atoms. The SMILES string of the molecule is O=C1c2ccccc2-c2ccc(C(=O)N3CCCCCC3c3ccncc3)cc21. The van der Waals surface area contributed by atoms with Gasteiger partial charge in [0.1, 0.15) is 0 Å². The summed E-state index contributed by atoms with van der Waals surface area (Å²) in [5, 5.41) is 0. The summed E-state index contributed by atoms with van der Waals surface area (Å²) in [6, 6.07) is 17.3. The van der Waals surface area contributed by atoms with Crippen molar-refractivity contribution in [3.63, 3.8) is 0 Å². The maximum Gasteiger partial charge on any atom is 0.254 e. The van der Waals surface area contributed by atoms with Gasteiger partial charge in [-0.15, -0.1) is 0 Å². The number of fused-ring (bicyclic) bond motifs is 3. The molecule has 1 amide bonds. The van der Waals surface area contributed by atoms with Crippen molar-refractivity contribution in [1.29, 1.82) is 0 Å². The lowest BCUT2D eigenvalue weighted by Gasteiger charge is -2.30. The number of rotatable bonds is 2. The molecule has 144 valence electrons. The Balaban J connectivity index is 1.51. The van der Waals surface area contributed by atoms with E-state index in [4.69, 9.17) is 0 Å². The highest BCUT2D eigenvalue weighted by Gasteiger charge is 2.30. The molecule has 4 nitrogen and oxygen atoms in total. The highest BCUT2D eigenvalue weighted by molar-refractivity contribution is 6.22. The van der Waals surface area contributed by atoms with E-state index in [1.54, 1.807) is 18.5 Å². The van der Waals surface area contributed by atoms with Crippen LogP contribution in [0.5, 0.6) is 0 Å². The van der Waals surface area contributed by atoms with Gasteiger partial charge in [0, 0.05) is 35.6 Å². The van der Waals surface area contributed by atoms with E-state index in [1.165, 1.54) is 0 Å². The number of carbonyl (C=O) groups is 2. The van der Waals surface area contributed by atoms with Gasteiger partial charge in [-0.05, 0) is 53.8 Å². The fourth-order valence-corrected chi connectivity index (χ4v) is 4.61. The summed E-state index contributed by atoms with van der Waals surface area (Å²) in [5.41, 5.74) is 4.94. The maximum absolute atomic E-state index is 13.5. The molecule has 0 N–H and O–H groups in total. The van der Waals surface area contributed by atoms with Crippen molar-refractivity contribution in [3.05, 3.63) is 89.2 Å². The Morgan fingerprint density at radius 3 is 2.45 bits per heavy atom. The predicted molar refractivity (Wildman–Crippen MR) is 112 cm³/mol. The van der Waals surface area contributed by atoms with Crippen molar-refractivity contribution in [2.45, 2.75) is 31.7 Å². The molecule has 1 atom stereocenters. The largest absolute Gasteiger partial charge is 0.332 e. The minimum absolute atomic E-state index is 0.000248. The molecule has 1 aliphatic carbocycles. The molecule has 1 unspecified atom stereocenters. The monoisotopic (exact) mass is 382 g/mol. The van der Waals surface area contributed by atoms with Crippen LogP contribution >= 0.6 is 0 Å². The molecule has 1 fully saturated rings. The molecule has 3 aromatic rings. The van der Waals surface area contributed by atoms with Crippen molar-refractivity contribution in [2.24, 2.45) is 0 Å². The van der Waals surface area contributed by atoms with Gasteiger partial charge in [0.05, 0.1) is 6.04 Å². The van der Waals surface area contributed by atoms with Crippen LogP contribution in [-0.4, -0.2) is 28.1 Å². The van der Waals surface area contributed by atoms with Gasteiger partial charge in [0.15, 0.2) is 5.78 Å². The van der Waals surface area contributed by atoms with E-state index in [1.807, 2.05) is 53.4 Å². The summed E-state index contributed by atoms with van der Waals surface area (Å²) in [7, 11) is 0. The third-order valence-corrected chi connectivity index (χ3v) is 6.08. The van der Waals surface area contributed by atoms with Gasteiger partial charge in [-0.1, -0.05) is 43.2 Å². The van der Waals surface area contributed by atoms with Gasteiger partial charge in [-0.2, -0.15) is 0 Å². The Morgan fingerprint density at radius 2 is 1.62 bits per heavy atom. The van der Waals surface area contributed by atoms with Crippen LogP contribution in [0.15, 0.2) is 67.0 Å². The Bertz CT molecular complexity index is 1090. The number of nitrogens with zero attached hydrogens (tertiary/aromatic N) is 2. The van der Waals surface area contributed by atoms with E-state index in [9.17, 15) is 9.59 Å². The van der Waals surface area contributed by atoms with Crippen LogP contribution in [0.4, 0.5) is 0 Å². The second-order valence-electron chi connectivity index (χ2n) is 7.78. The van der Waals surface area contributed by atoms with Crippen molar-refractivity contribution in [3.8, 4) is 11.1 Å². The highest BCUT2D eigenvalue weighted by atomic mass is 16.2. The maximum atomic E-state index is 13.5. The molecule has 5 rings (SSSR count). The lowest BCUT2D eigenvalue weighted by atomic mass is 9.99. The molecule has 1 aromatic heterocycles. The number of likely N-dealkylation sites (tertiary alicyclic amines) is 1. The number of amides is 1. The average Bonchev–Trinajstić information content (AvgIpc) is 2.93. The minimum Gasteiger partial charge on any atom is -0.332 e. The number of hydrogen-bond acceptors (Lipinski definition) is 3. The average molecular weight is 382 g/mol. The van der Waals surface area contributed by atoms with E-state index in [0.717, 1.165) is 54.5 Å². The van der Waals surface area contributed by atoms with Crippen LogP contribution in [0.25, 0.3) is 11.1 Å². The van der Waals surface area contributed by atoms with Crippen LogP contribution in [0.2, 0.25) is 0 Å². The molecule has 0 saturated carbocycles. The molecule has 1 saturated heterocycles. The first kappa shape index (κ1) is 17.8. The molecular weight excluding hydrogens is 360 g/mol. The molecule has 4 heteroatoms. The summed E-state index contributed by atoms with van der Waals surface area (Å²) >= 11 is 0. The number of benzene rings is 2. The zero-order chi connectivity index (χ0) is 19.8. The Labute approximate surface area is 170 Å². The van der Waals surface area contributed by atoms with Gasteiger partial charge in [0.25, 0.3) is 5.91 Å². The van der Waals surface area contributed by atoms with Crippen molar-refractivity contribution in [2.75, 3.05) is 6.54 Å². The van der Waals surface area contributed by atoms with E-state index in [-0.39, 0.29) is 17.7 Å². The van der Waals surface area contributed by atoms with Crippen LogP contribution < -0.4 is 0 Å². The molecular formula is C25H22N2O2. The molecule has 0 bridgehead atoms. The number of carbonyl (C=O) groups excluding carboxylic acids is 2. The minimum atomic E-state index is 0.000248. The standard InChI is InChI=1S/C25H22N2O2/c28-24-21-7-4-3-6-19(21)20-10-9-18(16-22(20)24)25(29)27-15-5-1-2-8-23(27)17-11-13-26-14-12-17/h3-4,6-7,9-14,16,23H,1-2,5,8,15H2. The van der Waals surface area contributed by atoms with E-state index >= 15 is 0 Å². The lowest BCUT2D eigenvalue weighted by Crippen LogP contribution is -2.35. The second-order valence-corrected chi connectivity index (χ2v) is 7.78. The topological polar surface area (TPSA) is 50.3 Å². The molecule has 2 aliphatic rings. The predicted octanol–water partition coefficient (Wildman–Crippen LogP) is 5.05. The quantitative estimate of drug-likeness (QED) is 0.487. The summed E-state index contributed by atoms with van der Waals surface area (Å²) in [6.45, 7) is 0.733. The number of aromatic nitrogens is 1. The zero-order valence-corrected chi connectivity index (χ0v) is 16.2. The van der Waals surface area contributed by atoms with Crippen molar-refractivity contribution < 1.29 is 9.59 Å². The normalized spacial score (nSPS) is 18.1. The van der Waals surface area contributed by atoms with Crippen LogP contribution in [0, 0.1) is 0 Å². The molecule has 29 heavy (non-hydrogen) atoms. The van der Waals surface area contributed by atoms with Crippen molar-refractivity contribution >= 4 is 11.7 Å². The second kappa shape index (κ2) is 7.28. The van der Waals surface area contributed by atoms with Gasteiger partial charge < -0.3 is 4.90 Å². The van der Waals surface area contributed by atoms with E-state index in [2.05, 4.69) is 4.98 Å². The summed E-state index contributed by atoms with van der Waals surface area (Å²) in [5.74, 6) is 0.00654. The van der Waals surface area contributed by atoms with E-state index < -0.39 is 0 Å². The Hall–Kier alpha value is -3.27. The summed E-state index contributed by atoms with van der Waals surface area (Å²) in [6.07, 6.45) is 7.76. The number of hydrogen-bond donors (Lipinski definition) is 0. The fourth-order valence-electron chi connectivity index (χ4n) is 4.61. The third kappa shape index (κ3) is 3.05. The third-order valence-electron chi connectivity index (χ3n) is 6.08. The zero-order valence-electron chi connectivity index (χ0n) is 16.2. The fraction of sp³-hybridized carbons (Fsp3) is 0.240. The number of ketones is 1. The van der Waals surface area contributed by atoms with Gasteiger partial charge in [-0.3, -0.25) is 14.6 Å². The highest BCUT2D eigenvalue weighted by Crippen LogP contribution is 2.37. The molecule has 0 radical (unpaired) electrons. The first-order valence-corrected chi connectivity index (χ1v) is 10.2.